The number of nitrogens with two attached hydrogens (primary N) is 1. The molecule has 0 aromatic heterocycles. The van der Waals surface area contributed by atoms with Crippen LogP contribution in [0.4, 0.5) is 0 Å². The second-order valence-corrected chi connectivity index (χ2v) is 7.26. The minimum absolute atomic E-state index is 0.0847. The van der Waals surface area contributed by atoms with Gasteiger partial charge in [-0.25, -0.2) is 13.6 Å². The van der Waals surface area contributed by atoms with Crippen molar-refractivity contribution in [1.82, 2.24) is 5.32 Å². The summed E-state index contributed by atoms with van der Waals surface area (Å²) in [5.74, 6) is 1.75. The molecular formula is C12H26N2O2S. The quantitative estimate of drug-likeness (QED) is 0.712. The van der Waals surface area contributed by atoms with Crippen LogP contribution in [0.1, 0.15) is 46.0 Å². The summed E-state index contributed by atoms with van der Waals surface area (Å²) in [7, 11) is -3.29. The van der Waals surface area contributed by atoms with Crippen molar-refractivity contribution in [3.8, 4) is 0 Å². The molecule has 0 aliphatic heterocycles. The van der Waals surface area contributed by atoms with E-state index in [2.05, 4.69) is 19.2 Å². The van der Waals surface area contributed by atoms with Crippen molar-refractivity contribution in [3.63, 3.8) is 0 Å². The smallest absolute Gasteiger partial charge is 0.209 e. The van der Waals surface area contributed by atoms with Crippen molar-refractivity contribution >= 4 is 10.0 Å². The Morgan fingerprint density at radius 2 is 1.82 bits per heavy atom. The molecule has 0 radical (unpaired) electrons. The highest BCUT2D eigenvalue weighted by molar-refractivity contribution is 7.89. The molecule has 0 unspecified atom stereocenters. The van der Waals surface area contributed by atoms with Crippen molar-refractivity contribution in [1.29, 1.82) is 0 Å². The van der Waals surface area contributed by atoms with Crippen LogP contribution in [0.5, 0.6) is 0 Å². The molecule has 0 amide bonds. The van der Waals surface area contributed by atoms with Gasteiger partial charge in [-0.1, -0.05) is 13.8 Å². The molecule has 0 spiro atoms. The van der Waals surface area contributed by atoms with E-state index in [4.69, 9.17) is 5.14 Å². The first-order valence-electron chi connectivity index (χ1n) is 6.62. The zero-order chi connectivity index (χ0) is 12.9. The fourth-order valence-corrected chi connectivity index (χ4v) is 3.12. The lowest BCUT2D eigenvalue weighted by atomic mass is 9.80. The van der Waals surface area contributed by atoms with E-state index < -0.39 is 10.0 Å². The monoisotopic (exact) mass is 262 g/mol. The molecule has 0 bridgehead atoms. The fraction of sp³-hybridized carbons (Fsp3) is 1.00. The van der Waals surface area contributed by atoms with Crippen LogP contribution in [0.15, 0.2) is 0 Å². The van der Waals surface area contributed by atoms with Crippen LogP contribution in [0, 0.1) is 11.8 Å². The molecule has 1 aliphatic carbocycles. The van der Waals surface area contributed by atoms with Gasteiger partial charge in [0.05, 0.1) is 5.75 Å². The van der Waals surface area contributed by atoms with Crippen LogP contribution in [0.2, 0.25) is 0 Å². The SMILES string of the molecule is CC(C)C1CCC(NCCCS(N)(=O)=O)CC1. The van der Waals surface area contributed by atoms with Crippen molar-refractivity contribution < 1.29 is 8.42 Å². The van der Waals surface area contributed by atoms with Crippen molar-refractivity contribution in [3.05, 3.63) is 0 Å². The van der Waals surface area contributed by atoms with E-state index in [9.17, 15) is 8.42 Å². The largest absolute Gasteiger partial charge is 0.314 e. The lowest BCUT2D eigenvalue weighted by molar-refractivity contribution is 0.239. The third-order valence-corrected chi connectivity index (χ3v) is 4.61. The average Bonchev–Trinajstić information content (AvgIpc) is 2.24. The van der Waals surface area contributed by atoms with E-state index in [1.165, 1.54) is 25.7 Å². The normalized spacial score (nSPS) is 26.4. The first-order valence-corrected chi connectivity index (χ1v) is 8.34. The molecule has 1 saturated carbocycles. The Morgan fingerprint density at radius 3 is 2.29 bits per heavy atom. The van der Waals surface area contributed by atoms with Gasteiger partial charge < -0.3 is 5.32 Å². The van der Waals surface area contributed by atoms with E-state index in [0.29, 0.717) is 12.5 Å². The van der Waals surface area contributed by atoms with Crippen molar-refractivity contribution in [2.75, 3.05) is 12.3 Å². The number of primary sulfonamides is 1. The van der Waals surface area contributed by atoms with Gasteiger partial charge in [-0.2, -0.15) is 0 Å². The van der Waals surface area contributed by atoms with E-state index in [1.54, 1.807) is 0 Å². The lowest BCUT2D eigenvalue weighted by Gasteiger charge is -2.31. The summed E-state index contributed by atoms with van der Waals surface area (Å²) in [6.45, 7) is 5.35. The van der Waals surface area contributed by atoms with E-state index in [-0.39, 0.29) is 5.75 Å². The highest BCUT2D eigenvalue weighted by Crippen LogP contribution is 2.29. The maximum absolute atomic E-state index is 10.8. The lowest BCUT2D eigenvalue weighted by Crippen LogP contribution is -2.35. The Kier molecular flexibility index (Phi) is 5.89. The Morgan fingerprint density at radius 1 is 1.24 bits per heavy atom. The molecule has 17 heavy (non-hydrogen) atoms. The second-order valence-electron chi connectivity index (χ2n) is 5.53. The van der Waals surface area contributed by atoms with Gasteiger partial charge in [0.1, 0.15) is 0 Å². The zero-order valence-electron chi connectivity index (χ0n) is 11.0. The van der Waals surface area contributed by atoms with Gasteiger partial charge in [-0.3, -0.25) is 0 Å². The molecule has 0 heterocycles. The average molecular weight is 262 g/mol. The van der Waals surface area contributed by atoms with Crippen LogP contribution in [0.3, 0.4) is 0 Å². The minimum atomic E-state index is -3.29. The Balaban J connectivity index is 2.10. The second kappa shape index (κ2) is 6.71. The molecule has 4 nitrogen and oxygen atoms in total. The van der Waals surface area contributed by atoms with Crippen LogP contribution in [-0.2, 0) is 10.0 Å². The summed E-state index contributed by atoms with van der Waals surface area (Å²) in [6, 6.07) is 0.575. The molecule has 0 saturated heterocycles. The number of rotatable bonds is 6. The van der Waals surface area contributed by atoms with Gasteiger partial charge in [0, 0.05) is 6.04 Å². The summed E-state index contributed by atoms with van der Waals surface area (Å²) in [5.41, 5.74) is 0. The molecule has 0 atom stereocenters. The summed E-state index contributed by atoms with van der Waals surface area (Å²) < 4.78 is 21.5. The predicted molar refractivity (Wildman–Crippen MR) is 71.2 cm³/mol. The minimum Gasteiger partial charge on any atom is -0.314 e. The van der Waals surface area contributed by atoms with Gasteiger partial charge in [0.25, 0.3) is 0 Å². The fourth-order valence-electron chi connectivity index (χ4n) is 2.57. The van der Waals surface area contributed by atoms with E-state index in [1.807, 2.05) is 0 Å². The summed E-state index contributed by atoms with van der Waals surface area (Å²) in [6.07, 6.45) is 5.65. The molecular weight excluding hydrogens is 236 g/mol. The molecule has 1 rings (SSSR count). The third kappa shape index (κ3) is 6.38. The molecule has 1 aliphatic rings. The number of hydrogen-bond acceptors (Lipinski definition) is 3. The Bertz CT molecular complexity index is 306. The highest BCUT2D eigenvalue weighted by Gasteiger charge is 2.22. The van der Waals surface area contributed by atoms with Crippen LogP contribution in [0.25, 0.3) is 0 Å². The topological polar surface area (TPSA) is 72.2 Å². The number of nitrogens with one attached hydrogen (secondary N) is 1. The van der Waals surface area contributed by atoms with Gasteiger partial charge in [-0.15, -0.1) is 0 Å². The molecule has 5 heteroatoms. The van der Waals surface area contributed by atoms with E-state index >= 15 is 0 Å². The molecule has 102 valence electrons. The number of hydrogen-bond donors (Lipinski definition) is 2. The Labute approximate surface area is 105 Å². The maximum atomic E-state index is 10.8. The zero-order valence-corrected chi connectivity index (χ0v) is 11.8. The van der Waals surface area contributed by atoms with Gasteiger partial charge >= 0.3 is 0 Å². The summed E-state index contributed by atoms with van der Waals surface area (Å²) >= 11 is 0. The highest BCUT2D eigenvalue weighted by atomic mass is 32.2. The Hall–Kier alpha value is -0.130. The van der Waals surface area contributed by atoms with Crippen LogP contribution < -0.4 is 10.5 Å². The van der Waals surface area contributed by atoms with Gasteiger partial charge in [0.15, 0.2) is 0 Å². The van der Waals surface area contributed by atoms with Gasteiger partial charge in [-0.05, 0) is 50.5 Å². The first kappa shape index (κ1) is 14.9. The first-order chi connectivity index (χ1) is 7.88. The molecule has 0 aromatic rings. The summed E-state index contributed by atoms with van der Waals surface area (Å²) in [5, 5.41) is 8.38. The standard InChI is InChI=1S/C12H26N2O2S/c1-10(2)11-4-6-12(7-5-11)14-8-3-9-17(13,15)16/h10-12,14H,3-9H2,1-2H3,(H2,13,15,16). The van der Waals surface area contributed by atoms with Crippen molar-refractivity contribution in [2.45, 2.75) is 52.0 Å². The molecule has 0 aromatic carbocycles. The van der Waals surface area contributed by atoms with Crippen LogP contribution in [-0.4, -0.2) is 26.8 Å². The maximum Gasteiger partial charge on any atom is 0.209 e. The molecule has 1 fully saturated rings. The van der Waals surface area contributed by atoms with Crippen LogP contribution >= 0.6 is 0 Å². The predicted octanol–water partition coefficient (Wildman–Crippen LogP) is 1.47. The van der Waals surface area contributed by atoms with Crippen molar-refractivity contribution in [2.24, 2.45) is 17.0 Å². The molecule has 3 N–H and O–H groups in total. The summed E-state index contributed by atoms with van der Waals surface area (Å²) in [4.78, 5) is 0. The van der Waals surface area contributed by atoms with E-state index in [0.717, 1.165) is 18.4 Å². The number of sulfonamides is 1. The third-order valence-electron chi connectivity index (χ3n) is 3.75. The van der Waals surface area contributed by atoms with Gasteiger partial charge in [0.2, 0.25) is 10.0 Å².